The molecule has 0 fully saturated rings. The first-order valence-electron chi connectivity index (χ1n) is 5.24. The van der Waals surface area contributed by atoms with Gasteiger partial charge in [-0.2, -0.15) is 0 Å². The number of ether oxygens (including phenoxy) is 1. The van der Waals surface area contributed by atoms with E-state index in [1.54, 1.807) is 0 Å². The summed E-state index contributed by atoms with van der Waals surface area (Å²) in [6, 6.07) is 6.42. The van der Waals surface area contributed by atoms with Crippen LogP contribution in [-0.2, 0) is 6.61 Å². The maximum Gasteiger partial charge on any atom is 0.406 e. The van der Waals surface area contributed by atoms with Gasteiger partial charge in [0.15, 0.2) is 11.6 Å². The third-order valence-electron chi connectivity index (χ3n) is 2.34. The molecule has 1 heterocycles. The summed E-state index contributed by atoms with van der Waals surface area (Å²) in [6.45, 7) is -0.323. The number of benzene rings is 1. The molecular weight excluding hydrogens is 258 g/mol. The Morgan fingerprint density at radius 1 is 1.26 bits per heavy atom. The lowest BCUT2D eigenvalue weighted by Crippen LogP contribution is -2.03. The van der Waals surface area contributed by atoms with Gasteiger partial charge in [0, 0.05) is 5.56 Å². The largest absolute Gasteiger partial charge is 0.481 e. The Bertz CT molecular complexity index is 620. The lowest BCUT2D eigenvalue weighted by atomic mass is 10.2. The fourth-order valence-corrected chi connectivity index (χ4v) is 1.45. The van der Waals surface area contributed by atoms with Gasteiger partial charge in [0.2, 0.25) is 5.75 Å². The van der Waals surface area contributed by atoms with Crippen molar-refractivity contribution >= 4 is 5.82 Å². The predicted molar refractivity (Wildman–Crippen MR) is 61.6 cm³/mol. The second-order valence-electron chi connectivity index (χ2n) is 3.58. The van der Waals surface area contributed by atoms with Gasteiger partial charge in [-0.05, 0) is 28.1 Å². The molecule has 0 amide bonds. The van der Waals surface area contributed by atoms with Crippen LogP contribution in [0.3, 0.4) is 0 Å². The van der Waals surface area contributed by atoms with E-state index in [1.807, 2.05) is 0 Å². The van der Waals surface area contributed by atoms with Crippen LogP contribution in [0.25, 0.3) is 0 Å². The van der Waals surface area contributed by atoms with E-state index >= 15 is 0 Å². The van der Waals surface area contributed by atoms with E-state index in [4.69, 9.17) is 4.74 Å². The van der Waals surface area contributed by atoms with Gasteiger partial charge < -0.3 is 14.9 Å². The molecule has 7 heteroatoms. The maximum absolute atomic E-state index is 13.4. The van der Waals surface area contributed by atoms with Gasteiger partial charge in [0.05, 0.1) is 0 Å². The summed E-state index contributed by atoms with van der Waals surface area (Å²) in [4.78, 5) is 13.5. The van der Waals surface area contributed by atoms with Crippen LogP contribution in [-0.4, -0.2) is 9.91 Å². The molecule has 0 aliphatic heterocycles. The molecule has 0 bridgehead atoms. The van der Waals surface area contributed by atoms with E-state index in [1.165, 1.54) is 30.5 Å². The Morgan fingerprint density at radius 2 is 2.05 bits per heavy atom. The molecular formula is C12H8F2N2O3. The number of hydrogen-bond donors (Lipinski definition) is 0. The number of rotatable bonds is 4. The Kier molecular flexibility index (Phi) is 3.65. The van der Waals surface area contributed by atoms with Crippen LogP contribution < -0.4 is 4.74 Å². The molecule has 0 saturated heterocycles. The van der Waals surface area contributed by atoms with Crippen LogP contribution in [0.2, 0.25) is 0 Å². The average molecular weight is 266 g/mol. The monoisotopic (exact) mass is 266 g/mol. The first-order valence-corrected chi connectivity index (χ1v) is 5.24. The molecule has 0 unspecified atom stereocenters. The molecule has 2 rings (SSSR count). The molecule has 0 aliphatic rings. The van der Waals surface area contributed by atoms with Gasteiger partial charge >= 0.3 is 5.82 Å². The van der Waals surface area contributed by atoms with Crippen molar-refractivity contribution in [2.45, 2.75) is 6.61 Å². The van der Waals surface area contributed by atoms with Crippen LogP contribution >= 0.6 is 0 Å². The van der Waals surface area contributed by atoms with Crippen molar-refractivity contribution in [1.29, 1.82) is 0 Å². The number of pyridine rings is 1. The lowest BCUT2D eigenvalue weighted by Gasteiger charge is -2.07. The third kappa shape index (κ3) is 2.82. The normalized spacial score (nSPS) is 10.2. The highest BCUT2D eigenvalue weighted by Gasteiger charge is 2.16. The maximum atomic E-state index is 13.4. The molecule has 5 nitrogen and oxygen atoms in total. The van der Waals surface area contributed by atoms with Crippen molar-refractivity contribution in [3.63, 3.8) is 0 Å². The molecule has 0 N–H and O–H groups in total. The fraction of sp³-hybridized carbons (Fsp3) is 0.0833. The fourth-order valence-electron chi connectivity index (χ4n) is 1.45. The molecule has 1 aromatic carbocycles. The summed E-state index contributed by atoms with van der Waals surface area (Å²) in [6.07, 6.45) is 1.24. The highest BCUT2D eigenvalue weighted by atomic mass is 19.2. The molecule has 0 saturated carbocycles. The van der Waals surface area contributed by atoms with Crippen molar-refractivity contribution in [3.8, 4) is 5.75 Å². The summed E-state index contributed by atoms with van der Waals surface area (Å²) in [7, 11) is 0. The van der Waals surface area contributed by atoms with E-state index in [-0.39, 0.29) is 17.9 Å². The molecule has 2 aromatic rings. The van der Waals surface area contributed by atoms with E-state index < -0.39 is 22.4 Å². The zero-order chi connectivity index (χ0) is 13.8. The van der Waals surface area contributed by atoms with Crippen molar-refractivity contribution in [2.24, 2.45) is 0 Å². The van der Waals surface area contributed by atoms with Crippen molar-refractivity contribution in [2.75, 3.05) is 0 Å². The minimum absolute atomic E-state index is 0.0295. The number of aromatic nitrogens is 1. The standard InChI is InChI=1S/C12H8F2N2O3/c13-9-4-1-3-8(11(9)14)7-19-10-5-2-6-15-12(10)16(17)18/h1-6H,7H2. The summed E-state index contributed by atoms with van der Waals surface area (Å²) in [5.74, 6) is -2.61. The molecule has 98 valence electrons. The quantitative estimate of drug-likeness (QED) is 0.630. The minimum atomic E-state index is -1.03. The molecule has 0 spiro atoms. The lowest BCUT2D eigenvalue weighted by molar-refractivity contribution is -0.390. The molecule has 0 radical (unpaired) electrons. The van der Waals surface area contributed by atoms with Crippen LogP contribution in [0.4, 0.5) is 14.6 Å². The Hall–Kier alpha value is -2.57. The second kappa shape index (κ2) is 5.38. The predicted octanol–water partition coefficient (Wildman–Crippen LogP) is 2.85. The van der Waals surface area contributed by atoms with Gasteiger partial charge in [-0.3, -0.25) is 0 Å². The number of halogens is 2. The summed E-state index contributed by atoms with van der Waals surface area (Å²) in [5, 5.41) is 10.7. The van der Waals surface area contributed by atoms with E-state index in [0.717, 1.165) is 6.07 Å². The summed E-state index contributed by atoms with van der Waals surface area (Å²) < 4.78 is 31.4. The highest BCUT2D eigenvalue weighted by molar-refractivity contribution is 5.38. The van der Waals surface area contributed by atoms with Crippen molar-refractivity contribution in [3.05, 3.63) is 63.8 Å². The SMILES string of the molecule is O=[N+]([O-])c1ncccc1OCc1cccc(F)c1F. The zero-order valence-electron chi connectivity index (χ0n) is 9.55. The van der Waals surface area contributed by atoms with Gasteiger partial charge in [0.1, 0.15) is 12.8 Å². The first-order chi connectivity index (χ1) is 9.09. The molecule has 0 aliphatic carbocycles. The van der Waals surface area contributed by atoms with Crippen LogP contribution in [0, 0.1) is 21.7 Å². The Balaban J connectivity index is 2.19. The van der Waals surface area contributed by atoms with Crippen LogP contribution in [0.15, 0.2) is 36.5 Å². The van der Waals surface area contributed by atoms with Gasteiger partial charge in [0.25, 0.3) is 0 Å². The van der Waals surface area contributed by atoms with E-state index in [0.29, 0.717) is 0 Å². The Morgan fingerprint density at radius 3 is 2.79 bits per heavy atom. The first kappa shape index (κ1) is 12.9. The number of nitrogens with zero attached hydrogens (tertiary/aromatic N) is 2. The van der Waals surface area contributed by atoms with Gasteiger partial charge in [-0.15, -0.1) is 0 Å². The summed E-state index contributed by atoms with van der Waals surface area (Å²) >= 11 is 0. The van der Waals surface area contributed by atoms with Gasteiger partial charge in [-0.1, -0.05) is 12.1 Å². The Labute approximate surface area is 106 Å². The van der Waals surface area contributed by atoms with Crippen molar-refractivity contribution in [1.82, 2.24) is 4.98 Å². The zero-order valence-corrected chi connectivity index (χ0v) is 9.55. The summed E-state index contributed by atoms with van der Waals surface area (Å²) in [5.41, 5.74) is -0.0295. The van der Waals surface area contributed by atoms with Gasteiger partial charge in [-0.25, -0.2) is 8.78 Å². The average Bonchev–Trinajstić information content (AvgIpc) is 2.40. The van der Waals surface area contributed by atoms with E-state index in [2.05, 4.69) is 4.98 Å². The molecule has 0 atom stereocenters. The van der Waals surface area contributed by atoms with Crippen LogP contribution in [0.1, 0.15) is 5.56 Å². The number of nitro groups is 1. The third-order valence-corrected chi connectivity index (χ3v) is 2.34. The topological polar surface area (TPSA) is 65.3 Å². The van der Waals surface area contributed by atoms with E-state index in [9.17, 15) is 18.9 Å². The van der Waals surface area contributed by atoms with Crippen LogP contribution in [0.5, 0.6) is 5.75 Å². The minimum Gasteiger partial charge on any atom is -0.481 e. The second-order valence-corrected chi connectivity index (χ2v) is 3.58. The number of hydrogen-bond acceptors (Lipinski definition) is 4. The molecule has 19 heavy (non-hydrogen) atoms. The smallest absolute Gasteiger partial charge is 0.406 e. The van der Waals surface area contributed by atoms with Crippen molar-refractivity contribution < 1.29 is 18.4 Å². The highest BCUT2D eigenvalue weighted by Crippen LogP contribution is 2.24. The molecule has 1 aromatic heterocycles.